The lowest BCUT2D eigenvalue weighted by Gasteiger charge is -2.35. The number of likely N-dealkylation sites (tertiary alicyclic amines) is 1. The first-order chi connectivity index (χ1) is 20.0. The Balaban J connectivity index is 1.56. The molecule has 43 heavy (non-hydrogen) atoms. The second-order valence-corrected chi connectivity index (χ2v) is 14.9. The van der Waals surface area contributed by atoms with Crippen molar-refractivity contribution in [1.29, 1.82) is 0 Å². The molecule has 0 aliphatic carbocycles. The van der Waals surface area contributed by atoms with E-state index in [2.05, 4.69) is 22.5 Å². The fraction of sp³-hybridized carbons (Fsp3) is 0.448. The van der Waals surface area contributed by atoms with Crippen molar-refractivity contribution in [1.82, 2.24) is 4.90 Å². The number of piperidine rings is 1. The molecular formula is C29H31F7N3O2PS. The number of fused-ring (bicyclic) bond motifs is 1. The minimum absolute atomic E-state index is 0.00372. The molecule has 3 aromatic rings. The van der Waals surface area contributed by atoms with Gasteiger partial charge in [-0.25, -0.2) is 4.39 Å². The zero-order valence-corrected chi connectivity index (χ0v) is 25.3. The number of methoxy groups -OCH3 is 1. The normalized spacial score (nSPS) is 18.3. The Hall–Kier alpha value is -2.94. The van der Waals surface area contributed by atoms with Crippen LogP contribution in [-0.4, -0.2) is 76.1 Å². The fourth-order valence-electron chi connectivity index (χ4n) is 4.91. The van der Waals surface area contributed by atoms with Crippen molar-refractivity contribution in [2.45, 2.75) is 37.4 Å². The Morgan fingerprint density at radius 1 is 1.09 bits per heavy atom. The van der Waals surface area contributed by atoms with Gasteiger partial charge in [-0.15, -0.1) is 11.3 Å². The van der Waals surface area contributed by atoms with Crippen LogP contribution in [0.3, 0.4) is 0 Å². The number of benzene rings is 2. The molecule has 234 valence electrons. The SMILES string of the molecule is COc1cc(P(C)(C)=O)ccc1NCC#Cc1sc2c(N[C@@H]3CCN(CC(F)(F)F)CC3F)cccc2c1CC(F)(F)F. The highest BCUT2D eigenvalue weighted by atomic mass is 32.1. The van der Waals surface area contributed by atoms with Crippen molar-refractivity contribution in [3.05, 3.63) is 46.8 Å². The predicted molar refractivity (Wildman–Crippen MR) is 158 cm³/mol. The molecule has 2 N–H and O–H groups in total. The van der Waals surface area contributed by atoms with Crippen molar-refractivity contribution >= 4 is 45.2 Å². The number of hydrogen-bond donors (Lipinski definition) is 2. The summed E-state index contributed by atoms with van der Waals surface area (Å²) in [7, 11) is -1.05. The van der Waals surface area contributed by atoms with E-state index in [1.165, 1.54) is 7.11 Å². The molecule has 5 nitrogen and oxygen atoms in total. The second-order valence-electron chi connectivity index (χ2n) is 10.7. The standard InChI is InChI=1S/C29H31F7N3O2PS/c1-41-25-14-18(42(2,3)40)9-10-23(25)37-12-5-8-26-20(15-28(31,32)33)19-6-4-7-24(27(19)43-26)38-22-11-13-39(16-21(22)30)17-29(34,35)36/h4,6-7,9-10,14,21-22,37-38H,11-13,15-17H2,1-3H3/t21?,22-/m1/s1. The molecule has 2 aromatic carbocycles. The van der Waals surface area contributed by atoms with E-state index in [1.807, 2.05) is 0 Å². The number of nitrogens with one attached hydrogen (secondary N) is 2. The van der Waals surface area contributed by atoms with Crippen molar-refractivity contribution in [2.75, 3.05) is 57.3 Å². The Bertz CT molecular complexity index is 1560. The van der Waals surface area contributed by atoms with Gasteiger partial charge < -0.3 is 19.9 Å². The monoisotopic (exact) mass is 649 g/mol. The number of rotatable bonds is 8. The topological polar surface area (TPSA) is 53.6 Å². The lowest BCUT2D eigenvalue weighted by Crippen LogP contribution is -2.50. The van der Waals surface area contributed by atoms with E-state index >= 15 is 0 Å². The van der Waals surface area contributed by atoms with Crippen LogP contribution < -0.4 is 20.7 Å². The van der Waals surface area contributed by atoms with E-state index in [-0.39, 0.29) is 30.0 Å². The second kappa shape index (κ2) is 13.0. The molecule has 0 radical (unpaired) electrons. The Labute approximate surface area is 249 Å². The summed E-state index contributed by atoms with van der Waals surface area (Å²) in [5.41, 5.74) is 0.987. The van der Waals surface area contributed by atoms with E-state index in [0.29, 0.717) is 32.5 Å². The maximum absolute atomic E-state index is 14.9. The number of hydrogen-bond acceptors (Lipinski definition) is 6. The highest BCUT2D eigenvalue weighted by Crippen LogP contribution is 2.40. The lowest BCUT2D eigenvalue weighted by atomic mass is 10.0. The quantitative estimate of drug-likeness (QED) is 0.155. The van der Waals surface area contributed by atoms with Crippen molar-refractivity contribution in [2.24, 2.45) is 0 Å². The van der Waals surface area contributed by atoms with Gasteiger partial charge in [-0.3, -0.25) is 4.90 Å². The van der Waals surface area contributed by atoms with Gasteiger partial charge in [0, 0.05) is 18.4 Å². The third-order valence-electron chi connectivity index (χ3n) is 6.94. The summed E-state index contributed by atoms with van der Waals surface area (Å²) in [6, 6.07) is 9.01. The molecule has 1 saturated heterocycles. The Morgan fingerprint density at radius 2 is 1.84 bits per heavy atom. The summed E-state index contributed by atoms with van der Waals surface area (Å²) in [6.07, 6.45) is -11.6. The van der Waals surface area contributed by atoms with E-state index in [1.54, 1.807) is 49.7 Å². The van der Waals surface area contributed by atoms with E-state index in [4.69, 9.17) is 4.74 Å². The minimum Gasteiger partial charge on any atom is -0.495 e. The van der Waals surface area contributed by atoms with Crippen LogP contribution in [0.15, 0.2) is 36.4 Å². The van der Waals surface area contributed by atoms with Gasteiger partial charge in [0.05, 0.1) is 53.6 Å². The van der Waals surface area contributed by atoms with Crippen LogP contribution in [0.4, 0.5) is 42.1 Å². The van der Waals surface area contributed by atoms with Crippen LogP contribution >= 0.6 is 18.5 Å². The number of thiophene rings is 1. The van der Waals surface area contributed by atoms with Crippen LogP contribution in [0, 0.1) is 11.8 Å². The number of nitrogens with zero attached hydrogens (tertiary/aromatic N) is 1. The lowest BCUT2D eigenvalue weighted by molar-refractivity contribution is -0.150. The van der Waals surface area contributed by atoms with Gasteiger partial charge in [0.15, 0.2) is 0 Å². The van der Waals surface area contributed by atoms with Gasteiger partial charge in [0.1, 0.15) is 19.1 Å². The molecule has 1 aliphatic heterocycles. The number of alkyl halides is 7. The zero-order valence-electron chi connectivity index (χ0n) is 23.6. The Kier molecular flexibility index (Phi) is 9.94. The van der Waals surface area contributed by atoms with Gasteiger partial charge >= 0.3 is 12.4 Å². The smallest absolute Gasteiger partial charge is 0.401 e. The average molecular weight is 650 g/mol. The first-order valence-electron chi connectivity index (χ1n) is 13.3. The molecule has 14 heteroatoms. The van der Waals surface area contributed by atoms with Gasteiger partial charge in [0.25, 0.3) is 0 Å². The highest BCUT2D eigenvalue weighted by Gasteiger charge is 2.37. The number of ether oxygens (including phenoxy) is 1. The summed E-state index contributed by atoms with van der Waals surface area (Å²) in [4.78, 5) is 1.22. The number of anilines is 2. The summed E-state index contributed by atoms with van der Waals surface area (Å²) >= 11 is 1.05. The fourth-order valence-corrected chi connectivity index (χ4v) is 6.95. The van der Waals surface area contributed by atoms with Crippen LogP contribution in [0.25, 0.3) is 10.1 Å². The molecule has 1 fully saturated rings. The molecule has 1 aromatic heterocycles. The van der Waals surface area contributed by atoms with Gasteiger partial charge in [0.2, 0.25) is 0 Å². The van der Waals surface area contributed by atoms with Gasteiger partial charge in [-0.05, 0) is 55.0 Å². The van der Waals surface area contributed by atoms with Crippen molar-refractivity contribution in [3.63, 3.8) is 0 Å². The third kappa shape index (κ3) is 8.80. The number of halogens is 7. The van der Waals surface area contributed by atoms with Crippen LogP contribution in [-0.2, 0) is 11.0 Å². The summed E-state index contributed by atoms with van der Waals surface area (Å²) < 4.78 is 112. The average Bonchev–Trinajstić information content (AvgIpc) is 3.23. The maximum atomic E-state index is 14.9. The Morgan fingerprint density at radius 3 is 2.47 bits per heavy atom. The van der Waals surface area contributed by atoms with E-state index in [0.717, 1.165) is 16.2 Å². The third-order valence-corrected chi connectivity index (χ3v) is 9.66. The van der Waals surface area contributed by atoms with Crippen LogP contribution in [0.5, 0.6) is 5.75 Å². The van der Waals surface area contributed by atoms with Crippen LogP contribution in [0.2, 0.25) is 0 Å². The molecule has 1 aliphatic rings. The summed E-state index contributed by atoms with van der Waals surface area (Å²) in [5.74, 6) is 6.15. The van der Waals surface area contributed by atoms with Crippen LogP contribution in [0.1, 0.15) is 16.9 Å². The molecule has 0 bridgehead atoms. The molecule has 2 heterocycles. The largest absolute Gasteiger partial charge is 0.495 e. The van der Waals surface area contributed by atoms with Crippen molar-refractivity contribution in [3.8, 4) is 17.6 Å². The first-order valence-corrected chi connectivity index (χ1v) is 16.7. The zero-order chi connectivity index (χ0) is 31.6. The molecule has 0 spiro atoms. The molecule has 0 saturated carbocycles. The molecule has 4 rings (SSSR count). The first kappa shape index (κ1) is 33.0. The maximum Gasteiger partial charge on any atom is 0.401 e. The molecule has 1 unspecified atom stereocenters. The molecule has 2 atom stereocenters. The van der Waals surface area contributed by atoms with Gasteiger partial charge in [-0.1, -0.05) is 24.0 Å². The summed E-state index contributed by atoms with van der Waals surface area (Å²) in [5, 5.41) is 7.06. The van der Waals surface area contributed by atoms with E-state index in [9.17, 15) is 35.3 Å². The predicted octanol–water partition coefficient (Wildman–Crippen LogP) is 7.11. The molecular weight excluding hydrogens is 618 g/mol. The van der Waals surface area contributed by atoms with E-state index < -0.39 is 51.2 Å². The van der Waals surface area contributed by atoms with Gasteiger partial charge in [-0.2, -0.15) is 26.3 Å². The summed E-state index contributed by atoms with van der Waals surface area (Å²) in [6.45, 7) is 1.80. The molecule has 0 amide bonds. The minimum atomic E-state index is -4.51. The highest BCUT2D eigenvalue weighted by molar-refractivity contribution is 7.70. The van der Waals surface area contributed by atoms with Crippen molar-refractivity contribution < 1.29 is 40.0 Å².